The van der Waals surface area contributed by atoms with Gasteiger partial charge in [-0.05, 0) is 46.3 Å². The van der Waals surface area contributed by atoms with Crippen LogP contribution in [-0.4, -0.2) is 15.3 Å². The van der Waals surface area contributed by atoms with E-state index >= 15 is 0 Å². The summed E-state index contributed by atoms with van der Waals surface area (Å²) in [6.07, 6.45) is 0.324. The summed E-state index contributed by atoms with van der Waals surface area (Å²) in [5, 5.41) is 29.1. The van der Waals surface area contributed by atoms with Gasteiger partial charge in [0.05, 0.1) is 4.47 Å². The van der Waals surface area contributed by atoms with E-state index in [4.69, 9.17) is 4.74 Å². The van der Waals surface area contributed by atoms with Crippen LogP contribution in [0.4, 0.5) is 0 Å². The van der Waals surface area contributed by atoms with E-state index in [1.54, 1.807) is 6.07 Å². The van der Waals surface area contributed by atoms with Crippen molar-refractivity contribution >= 4 is 37.6 Å². The summed E-state index contributed by atoms with van der Waals surface area (Å²) in [6.45, 7) is 0. The van der Waals surface area contributed by atoms with Gasteiger partial charge in [0, 0.05) is 22.0 Å². The third-order valence-corrected chi connectivity index (χ3v) is 4.19. The summed E-state index contributed by atoms with van der Waals surface area (Å²) in [5.74, 6) is 0.467. The van der Waals surface area contributed by atoms with Crippen molar-refractivity contribution in [1.29, 1.82) is 0 Å². The fraction of sp³-hybridized carbons (Fsp3) is 0.0667. The summed E-state index contributed by atoms with van der Waals surface area (Å²) in [5.41, 5.74) is 1.34. The Labute approximate surface area is 137 Å². The Morgan fingerprint density at radius 2 is 1.71 bits per heavy atom. The monoisotopic (exact) mass is 412 g/mol. The number of rotatable bonds is 1. The summed E-state index contributed by atoms with van der Waals surface area (Å²) >= 11 is 6.82. The van der Waals surface area contributed by atoms with Crippen molar-refractivity contribution in [3.05, 3.63) is 56.2 Å². The predicted molar refractivity (Wildman–Crippen MR) is 85.5 cm³/mol. The van der Waals surface area contributed by atoms with Crippen LogP contribution in [0, 0.1) is 0 Å². The molecule has 4 nitrogen and oxygen atoms in total. The molecule has 1 aliphatic heterocycles. The Balaban J connectivity index is 2.07. The number of hydrogen-bond acceptors (Lipinski definition) is 4. The van der Waals surface area contributed by atoms with E-state index in [0.29, 0.717) is 17.7 Å². The number of ether oxygens (including phenoxy) is 1. The van der Waals surface area contributed by atoms with Gasteiger partial charge in [-0.15, -0.1) is 0 Å². The Morgan fingerprint density at radius 3 is 2.43 bits per heavy atom. The molecule has 0 radical (unpaired) electrons. The lowest BCUT2D eigenvalue weighted by Gasteiger charge is -2.22. The van der Waals surface area contributed by atoms with Crippen LogP contribution in [0.25, 0.3) is 5.76 Å². The molecule has 0 atom stereocenters. The number of benzene rings is 2. The molecular formula is C15H10Br2O4. The topological polar surface area (TPSA) is 69.9 Å². The van der Waals surface area contributed by atoms with E-state index in [1.807, 2.05) is 12.1 Å². The van der Waals surface area contributed by atoms with E-state index in [2.05, 4.69) is 31.9 Å². The predicted octanol–water partition coefficient (Wildman–Crippen LogP) is 4.48. The largest absolute Gasteiger partial charge is 0.508 e. The number of halogens is 2. The zero-order valence-electron chi connectivity index (χ0n) is 10.6. The molecule has 3 rings (SSSR count). The van der Waals surface area contributed by atoms with Crippen LogP contribution in [0.3, 0.4) is 0 Å². The molecule has 108 valence electrons. The molecule has 0 aliphatic carbocycles. The van der Waals surface area contributed by atoms with Crippen LogP contribution in [0.15, 0.2) is 45.0 Å². The maximum atomic E-state index is 10.2. The molecule has 0 saturated heterocycles. The highest BCUT2D eigenvalue weighted by atomic mass is 79.9. The minimum Gasteiger partial charge on any atom is -0.508 e. The highest BCUT2D eigenvalue weighted by Crippen LogP contribution is 2.41. The molecule has 2 aromatic carbocycles. The average molecular weight is 414 g/mol. The zero-order valence-corrected chi connectivity index (χ0v) is 13.8. The van der Waals surface area contributed by atoms with Crippen LogP contribution < -0.4 is 4.74 Å². The highest BCUT2D eigenvalue weighted by molar-refractivity contribution is 9.11. The van der Waals surface area contributed by atoms with Crippen molar-refractivity contribution in [2.24, 2.45) is 0 Å². The van der Waals surface area contributed by atoms with E-state index in [9.17, 15) is 15.3 Å². The smallest absolute Gasteiger partial charge is 0.172 e. The van der Waals surface area contributed by atoms with Gasteiger partial charge in [0.15, 0.2) is 17.3 Å². The normalized spacial score (nSPS) is 13.8. The van der Waals surface area contributed by atoms with Gasteiger partial charge in [0.25, 0.3) is 0 Å². The summed E-state index contributed by atoms with van der Waals surface area (Å²) < 4.78 is 7.43. The second-order valence-corrected chi connectivity index (χ2v) is 6.40. The molecule has 0 aromatic heterocycles. The van der Waals surface area contributed by atoms with Crippen molar-refractivity contribution in [2.75, 3.05) is 0 Å². The molecule has 2 aromatic rings. The van der Waals surface area contributed by atoms with Crippen molar-refractivity contribution in [3.63, 3.8) is 0 Å². The molecule has 3 N–H and O–H groups in total. The number of aromatic hydroxyl groups is 2. The SMILES string of the molecule is OC1=C(c2ccc(O)c(O)c2)Oc2c(Br)cc(Br)cc2C1. The lowest BCUT2D eigenvalue weighted by atomic mass is 10.0. The molecule has 0 bridgehead atoms. The van der Waals surface area contributed by atoms with Gasteiger partial charge < -0.3 is 20.1 Å². The average Bonchev–Trinajstić information content (AvgIpc) is 2.41. The molecule has 1 aliphatic rings. The van der Waals surface area contributed by atoms with E-state index in [1.165, 1.54) is 12.1 Å². The molecule has 6 heteroatoms. The first kappa shape index (κ1) is 14.3. The number of aliphatic hydroxyl groups is 1. The number of allylic oxidation sites excluding steroid dienone is 1. The van der Waals surface area contributed by atoms with Crippen molar-refractivity contribution in [3.8, 4) is 17.2 Å². The number of fused-ring (bicyclic) bond motifs is 1. The summed E-state index contributed by atoms with van der Waals surface area (Å²) in [6, 6.07) is 7.99. The maximum absolute atomic E-state index is 10.2. The van der Waals surface area contributed by atoms with Gasteiger partial charge in [0.2, 0.25) is 0 Å². The minimum absolute atomic E-state index is 0.0672. The molecule has 1 heterocycles. The molecule has 0 spiro atoms. The number of hydrogen-bond donors (Lipinski definition) is 3. The van der Waals surface area contributed by atoms with Crippen LogP contribution in [0.1, 0.15) is 11.1 Å². The second kappa shape index (κ2) is 5.27. The first-order valence-corrected chi connectivity index (χ1v) is 7.64. The molecular weight excluding hydrogens is 404 g/mol. The van der Waals surface area contributed by atoms with Gasteiger partial charge >= 0.3 is 0 Å². The van der Waals surface area contributed by atoms with Gasteiger partial charge in [0.1, 0.15) is 11.5 Å². The molecule has 0 unspecified atom stereocenters. The van der Waals surface area contributed by atoms with Crippen LogP contribution in [0.5, 0.6) is 17.2 Å². The van der Waals surface area contributed by atoms with Crippen LogP contribution >= 0.6 is 31.9 Å². The second-order valence-electron chi connectivity index (χ2n) is 4.63. The third kappa shape index (κ3) is 2.61. The van der Waals surface area contributed by atoms with Gasteiger partial charge in [-0.25, -0.2) is 0 Å². The number of phenolic OH excluding ortho intramolecular Hbond substituents is 2. The van der Waals surface area contributed by atoms with Gasteiger partial charge in [-0.2, -0.15) is 0 Å². The standard InChI is InChI=1S/C15H10Br2O4/c16-9-3-8-5-13(20)15(21-14(8)10(17)6-9)7-1-2-11(18)12(19)4-7/h1-4,6,18-20H,5H2. The summed E-state index contributed by atoms with van der Waals surface area (Å²) in [7, 11) is 0. The van der Waals surface area contributed by atoms with Crippen LogP contribution in [0.2, 0.25) is 0 Å². The Kier molecular flexibility index (Phi) is 3.59. The zero-order chi connectivity index (χ0) is 15.1. The van der Waals surface area contributed by atoms with Crippen molar-refractivity contribution in [1.82, 2.24) is 0 Å². The molecule has 0 fully saturated rings. The van der Waals surface area contributed by atoms with Crippen LogP contribution in [-0.2, 0) is 6.42 Å². The first-order valence-electron chi connectivity index (χ1n) is 6.06. The van der Waals surface area contributed by atoms with Crippen molar-refractivity contribution < 1.29 is 20.1 Å². The van der Waals surface area contributed by atoms with Crippen molar-refractivity contribution in [2.45, 2.75) is 6.42 Å². The Morgan fingerprint density at radius 1 is 0.952 bits per heavy atom. The Hall–Kier alpha value is -1.66. The number of aliphatic hydroxyl groups excluding tert-OH is 1. The lowest BCUT2D eigenvalue weighted by molar-refractivity contribution is 0.357. The quantitative estimate of drug-likeness (QED) is 0.602. The minimum atomic E-state index is -0.267. The number of phenols is 2. The fourth-order valence-electron chi connectivity index (χ4n) is 2.17. The van der Waals surface area contributed by atoms with Gasteiger partial charge in [-0.1, -0.05) is 15.9 Å². The fourth-order valence-corrected chi connectivity index (χ4v) is 3.57. The van der Waals surface area contributed by atoms with E-state index in [-0.39, 0.29) is 23.0 Å². The van der Waals surface area contributed by atoms with Gasteiger partial charge in [-0.3, -0.25) is 0 Å². The third-order valence-electron chi connectivity index (χ3n) is 3.15. The first-order chi connectivity index (χ1) is 9.95. The summed E-state index contributed by atoms with van der Waals surface area (Å²) in [4.78, 5) is 0. The molecule has 0 amide bonds. The maximum Gasteiger partial charge on any atom is 0.172 e. The molecule has 21 heavy (non-hydrogen) atoms. The van der Waals surface area contributed by atoms with E-state index in [0.717, 1.165) is 14.5 Å². The van der Waals surface area contributed by atoms with E-state index < -0.39 is 0 Å². The lowest BCUT2D eigenvalue weighted by Crippen LogP contribution is -2.10. The molecule has 0 saturated carbocycles. The Bertz CT molecular complexity index is 769. The highest BCUT2D eigenvalue weighted by Gasteiger charge is 2.24.